The highest BCUT2D eigenvalue weighted by Crippen LogP contribution is 2.43. The molecular weight excluding hydrogens is 294 g/mol. The summed E-state index contributed by atoms with van der Waals surface area (Å²) < 4.78 is 5.27. The van der Waals surface area contributed by atoms with Crippen molar-refractivity contribution in [2.24, 2.45) is 5.41 Å². The molecule has 3 rings (SSSR count). The van der Waals surface area contributed by atoms with Gasteiger partial charge in [0.2, 0.25) is 0 Å². The van der Waals surface area contributed by atoms with Crippen molar-refractivity contribution >= 4 is 5.97 Å². The van der Waals surface area contributed by atoms with Gasteiger partial charge in [-0.25, -0.2) is 4.98 Å². The van der Waals surface area contributed by atoms with Crippen LogP contribution in [0, 0.1) is 12.3 Å². The number of hydrogen-bond acceptors (Lipinski definition) is 5. The van der Waals surface area contributed by atoms with Gasteiger partial charge in [0.15, 0.2) is 5.89 Å². The molecule has 2 aliphatic rings. The van der Waals surface area contributed by atoms with E-state index in [0.717, 1.165) is 64.1 Å². The smallest absolute Gasteiger partial charge is 0.320 e. The topological polar surface area (TPSA) is 69.8 Å². The molecule has 0 bridgehead atoms. The predicted octanol–water partition coefficient (Wildman–Crippen LogP) is 2.13. The predicted molar refractivity (Wildman–Crippen MR) is 86.1 cm³/mol. The zero-order valence-corrected chi connectivity index (χ0v) is 14.1. The number of carboxylic acid groups (broad SMARTS) is 1. The third-order valence-corrected chi connectivity index (χ3v) is 5.37. The normalized spacial score (nSPS) is 25.2. The summed E-state index contributed by atoms with van der Waals surface area (Å²) in [6, 6.07) is -0.292. The van der Waals surface area contributed by atoms with E-state index in [-0.39, 0.29) is 11.5 Å². The van der Waals surface area contributed by atoms with Crippen LogP contribution in [0.2, 0.25) is 0 Å². The molecule has 2 aliphatic heterocycles. The lowest BCUT2D eigenvalue weighted by Gasteiger charge is -2.39. The van der Waals surface area contributed by atoms with Crippen LogP contribution >= 0.6 is 0 Å². The molecule has 6 nitrogen and oxygen atoms in total. The van der Waals surface area contributed by atoms with Crippen molar-refractivity contribution in [3.63, 3.8) is 0 Å². The highest BCUT2D eigenvalue weighted by Gasteiger charge is 2.47. The second kappa shape index (κ2) is 6.61. The Bertz CT molecular complexity index is 549. The summed E-state index contributed by atoms with van der Waals surface area (Å²) in [7, 11) is 0. The molecule has 0 amide bonds. The zero-order chi connectivity index (χ0) is 16.4. The van der Waals surface area contributed by atoms with Crippen LogP contribution in [-0.4, -0.2) is 58.1 Å². The van der Waals surface area contributed by atoms with E-state index in [1.165, 1.54) is 0 Å². The van der Waals surface area contributed by atoms with Crippen molar-refractivity contribution in [3.05, 3.63) is 17.8 Å². The summed E-state index contributed by atoms with van der Waals surface area (Å²) in [4.78, 5) is 20.5. The number of aliphatic carboxylic acids is 1. The van der Waals surface area contributed by atoms with Crippen LogP contribution < -0.4 is 0 Å². The van der Waals surface area contributed by atoms with Crippen molar-refractivity contribution in [1.82, 2.24) is 14.8 Å². The molecule has 0 aliphatic carbocycles. The first-order valence-electron chi connectivity index (χ1n) is 8.61. The van der Waals surface area contributed by atoms with E-state index < -0.39 is 5.97 Å². The third-order valence-electron chi connectivity index (χ3n) is 5.37. The highest BCUT2D eigenvalue weighted by molar-refractivity contribution is 5.74. The van der Waals surface area contributed by atoms with Crippen LogP contribution in [0.3, 0.4) is 0 Å². The standard InChI is InChI=1S/C17H27N3O3/c1-3-6-20-12-17(9-15(20)16(21)22)4-7-19(8-5-17)10-14-11-23-13(2)18-14/h11,15H,3-10,12H2,1-2H3,(H,21,22). The summed E-state index contributed by atoms with van der Waals surface area (Å²) >= 11 is 0. The number of rotatable bonds is 5. The average molecular weight is 321 g/mol. The van der Waals surface area contributed by atoms with E-state index in [2.05, 4.69) is 21.7 Å². The molecule has 1 aromatic rings. The van der Waals surface area contributed by atoms with Crippen LogP contribution in [0.1, 0.15) is 44.2 Å². The Morgan fingerprint density at radius 1 is 1.48 bits per heavy atom. The van der Waals surface area contributed by atoms with Crippen molar-refractivity contribution in [3.8, 4) is 0 Å². The van der Waals surface area contributed by atoms with Gasteiger partial charge in [0, 0.05) is 20.0 Å². The highest BCUT2D eigenvalue weighted by atomic mass is 16.4. The number of oxazole rings is 1. The molecule has 1 aromatic heterocycles. The van der Waals surface area contributed by atoms with Crippen LogP contribution in [0.25, 0.3) is 0 Å². The summed E-state index contributed by atoms with van der Waals surface area (Å²) in [6.45, 7) is 8.66. The molecule has 0 radical (unpaired) electrons. The van der Waals surface area contributed by atoms with Crippen LogP contribution in [-0.2, 0) is 11.3 Å². The number of aromatic nitrogens is 1. The molecule has 0 aromatic carbocycles. The number of likely N-dealkylation sites (tertiary alicyclic amines) is 2. The third kappa shape index (κ3) is 3.58. The molecule has 23 heavy (non-hydrogen) atoms. The van der Waals surface area contributed by atoms with E-state index in [4.69, 9.17) is 4.42 Å². The largest absolute Gasteiger partial charge is 0.480 e. The lowest BCUT2D eigenvalue weighted by Crippen LogP contribution is -2.41. The van der Waals surface area contributed by atoms with Gasteiger partial charge >= 0.3 is 5.97 Å². The molecule has 0 saturated carbocycles. The fourth-order valence-corrected chi connectivity index (χ4v) is 4.17. The molecule has 1 spiro atoms. The second-order valence-electron chi connectivity index (χ2n) is 7.16. The first-order chi connectivity index (χ1) is 11.0. The number of nitrogens with zero attached hydrogens (tertiary/aromatic N) is 3. The van der Waals surface area contributed by atoms with Crippen LogP contribution in [0.5, 0.6) is 0 Å². The number of carboxylic acids is 1. The number of carbonyl (C=O) groups is 1. The number of hydrogen-bond donors (Lipinski definition) is 1. The van der Waals surface area contributed by atoms with Crippen molar-refractivity contribution in [2.75, 3.05) is 26.2 Å². The van der Waals surface area contributed by atoms with E-state index >= 15 is 0 Å². The Morgan fingerprint density at radius 2 is 2.22 bits per heavy atom. The molecule has 2 saturated heterocycles. The molecule has 6 heteroatoms. The lowest BCUT2D eigenvalue weighted by atomic mass is 9.76. The van der Waals surface area contributed by atoms with Gasteiger partial charge in [0.05, 0.1) is 5.69 Å². The fourth-order valence-electron chi connectivity index (χ4n) is 4.17. The fraction of sp³-hybridized carbons (Fsp3) is 0.765. The monoisotopic (exact) mass is 321 g/mol. The number of aryl methyl sites for hydroxylation is 1. The minimum atomic E-state index is -0.657. The molecule has 1 N–H and O–H groups in total. The minimum absolute atomic E-state index is 0.189. The van der Waals surface area contributed by atoms with Crippen molar-refractivity contribution < 1.29 is 14.3 Å². The van der Waals surface area contributed by atoms with Gasteiger partial charge < -0.3 is 9.52 Å². The van der Waals surface area contributed by atoms with E-state index in [9.17, 15) is 9.90 Å². The Balaban J connectivity index is 1.58. The van der Waals surface area contributed by atoms with Gasteiger partial charge in [-0.1, -0.05) is 6.92 Å². The van der Waals surface area contributed by atoms with Gasteiger partial charge in [0.25, 0.3) is 0 Å². The SMILES string of the molecule is CCCN1CC2(CCN(Cc3coc(C)n3)CC2)CC1C(=O)O. The quantitative estimate of drug-likeness (QED) is 0.896. The van der Waals surface area contributed by atoms with Crippen molar-refractivity contribution in [1.29, 1.82) is 0 Å². The van der Waals surface area contributed by atoms with E-state index in [1.54, 1.807) is 6.26 Å². The summed E-state index contributed by atoms with van der Waals surface area (Å²) in [5.74, 6) is 0.0552. The first-order valence-corrected chi connectivity index (χ1v) is 8.61. The maximum absolute atomic E-state index is 11.5. The lowest BCUT2D eigenvalue weighted by molar-refractivity contribution is -0.142. The van der Waals surface area contributed by atoms with Crippen LogP contribution in [0.15, 0.2) is 10.7 Å². The summed E-state index contributed by atoms with van der Waals surface area (Å²) in [5, 5.41) is 9.50. The molecule has 2 fully saturated rings. The Labute approximate surface area is 137 Å². The Kier molecular flexibility index (Phi) is 4.73. The molecule has 1 atom stereocenters. The first kappa shape index (κ1) is 16.5. The Morgan fingerprint density at radius 3 is 2.78 bits per heavy atom. The van der Waals surface area contributed by atoms with Gasteiger partial charge in [-0.15, -0.1) is 0 Å². The van der Waals surface area contributed by atoms with Crippen molar-refractivity contribution in [2.45, 2.75) is 52.1 Å². The van der Waals surface area contributed by atoms with E-state index in [0.29, 0.717) is 5.89 Å². The molecular formula is C17H27N3O3. The average Bonchev–Trinajstić information content (AvgIpc) is 3.07. The van der Waals surface area contributed by atoms with Gasteiger partial charge in [-0.2, -0.15) is 0 Å². The molecule has 3 heterocycles. The molecule has 128 valence electrons. The van der Waals surface area contributed by atoms with E-state index in [1.807, 2.05) is 6.92 Å². The zero-order valence-electron chi connectivity index (χ0n) is 14.1. The minimum Gasteiger partial charge on any atom is -0.480 e. The summed E-state index contributed by atoms with van der Waals surface area (Å²) in [5.41, 5.74) is 1.18. The van der Waals surface area contributed by atoms with Gasteiger partial charge in [-0.05, 0) is 50.7 Å². The maximum Gasteiger partial charge on any atom is 0.320 e. The Hall–Kier alpha value is -1.40. The number of piperidine rings is 1. The maximum atomic E-state index is 11.5. The molecule has 1 unspecified atom stereocenters. The van der Waals surface area contributed by atoms with Gasteiger partial charge in [0.1, 0.15) is 12.3 Å². The second-order valence-corrected chi connectivity index (χ2v) is 7.16. The van der Waals surface area contributed by atoms with Crippen LogP contribution in [0.4, 0.5) is 0 Å². The summed E-state index contributed by atoms with van der Waals surface area (Å²) in [6.07, 6.45) is 5.71. The van der Waals surface area contributed by atoms with Gasteiger partial charge in [-0.3, -0.25) is 14.6 Å².